The SMILES string of the molecule is COc1ccc(-c2cc(C(=O)N(C)CC(C)(C)CN)nn2-c2ccccc2)cc1. The number of hydrogen-bond acceptors (Lipinski definition) is 4. The fourth-order valence-electron chi connectivity index (χ4n) is 3.19. The summed E-state index contributed by atoms with van der Waals surface area (Å²) in [6.07, 6.45) is 0. The molecule has 2 aromatic carbocycles. The number of carbonyl (C=O) groups excluding carboxylic acids is 1. The highest BCUT2D eigenvalue weighted by Crippen LogP contribution is 2.27. The Morgan fingerprint density at radius 3 is 2.38 bits per heavy atom. The molecule has 29 heavy (non-hydrogen) atoms. The van der Waals surface area contributed by atoms with Gasteiger partial charge in [0.1, 0.15) is 5.75 Å². The maximum atomic E-state index is 13.1. The number of carbonyl (C=O) groups is 1. The van der Waals surface area contributed by atoms with Crippen molar-refractivity contribution in [1.82, 2.24) is 14.7 Å². The predicted octanol–water partition coefficient (Wildman–Crippen LogP) is 3.60. The Morgan fingerprint density at radius 2 is 1.79 bits per heavy atom. The molecule has 0 saturated carbocycles. The number of hydrogen-bond donors (Lipinski definition) is 1. The van der Waals surface area contributed by atoms with E-state index >= 15 is 0 Å². The highest BCUT2D eigenvalue weighted by Gasteiger charge is 2.24. The first-order chi connectivity index (χ1) is 13.8. The van der Waals surface area contributed by atoms with Crippen LogP contribution in [0.2, 0.25) is 0 Å². The molecule has 0 aliphatic carbocycles. The Morgan fingerprint density at radius 1 is 1.14 bits per heavy atom. The number of aromatic nitrogens is 2. The lowest BCUT2D eigenvalue weighted by Crippen LogP contribution is -2.39. The van der Waals surface area contributed by atoms with Gasteiger partial charge in [0.05, 0.1) is 18.5 Å². The maximum Gasteiger partial charge on any atom is 0.274 e. The van der Waals surface area contributed by atoms with Crippen LogP contribution in [0.25, 0.3) is 16.9 Å². The lowest BCUT2D eigenvalue weighted by atomic mass is 9.93. The molecular formula is C23H28N4O2. The number of para-hydroxylation sites is 1. The van der Waals surface area contributed by atoms with Crippen LogP contribution in [0.1, 0.15) is 24.3 Å². The summed E-state index contributed by atoms with van der Waals surface area (Å²) in [4.78, 5) is 14.7. The van der Waals surface area contributed by atoms with Gasteiger partial charge in [-0.1, -0.05) is 32.0 Å². The third-order valence-corrected chi connectivity index (χ3v) is 4.88. The number of ether oxygens (including phenoxy) is 1. The molecule has 0 radical (unpaired) electrons. The van der Waals surface area contributed by atoms with E-state index < -0.39 is 0 Å². The van der Waals surface area contributed by atoms with Gasteiger partial charge in [-0.2, -0.15) is 5.10 Å². The average Bonchev–Trinajstić information content (AvgIpc) is 3.19. The van der Waals surface area contributed by atoms with E-state index in [0.717, 1.165) is 22.7 Å². The average molecular weight is 393 g/mol. The third-order valence-electron chi connectivity index (χ3n) is 4.88. The van der Waals surface area contributed by atoms with Gasteiger partial charge in [0, 0.05) is 19.2 Å². The van der Waals surface area contributed by atoms with E-state index in [0.29, 0.717) is 18.8 Å². The van der Waals surface area contributed by atoms with E-state index in [9.17, 15) is 4.79 Å². The van der Waals surface area contributed by atoms with Gasteiger partial charge >= 0.3 is 0 Å². The van der Waals surface area contributed by atoms with Gasteiger partial charge < -0.3 is 15.4 Å². The highest BCUT2D eigenvalue weighted by molar-refractivity contribution is 5.93. The van der Waals surface area contributed by atoms with Crippen LogP contribution >= 0.6 is 0 Å². The molecule has 1 heterocycles. The monoisotopic (exact) mass is 392 g/mol. The van der Waals surface area contributed by atoms with Crippen LogP contribution in [-0.4, -0.2) is 47.8 Å². The van der Waals surface area contributed by atoms with Gasteiger partial charge in [0.2, 0.25) is 0 Å². The molecule has 0 bridgehead atoms. The molecule has 1 aromatic heterocycles. The van der Waals surface area contributed by atoms with Crippen molar-refractivity contribution in [3.63, 3.8) is 0 Å². The molecule has 0 aliphatic heterocycles. The van der Waals surface area contributed by atoms with Crippen LogP contribution in [-0.2, 0) is 0 Å². The number of nitrogens with two attached hydrogens (primary N) is 1. The maximum absolute atomic E-state index is 13.1. The van der Waals surface area contributed by atoms with E-state index in [2.05, 4.69) is 5.10 Å². The molecule has 0 aliphatic rings. The molecule has 0 atom stereocenters. The summed E-state index contributed by atoms with van der Waals surface area (Å²) in [5.74, 6) is 0.649. The Labute approximate surface area is 171 Å². The van der Waals surface area contributed by atoms with Crippen molar-refractivity contribution in [3.8, 4) is 22.7 Å². The Balaban J connectivity index is 2.01. The molecule has 0 fully saturated rings. The van der Waals surface area contributed by atoms with Gasteiger partial charge in [0.15, 0.2) is 5.69 Å². The van der Waals surface area contributed by atoms with Crippen LogP contribution < -0.4 is 10.5 Å². The van der Waals surface area contributed by atoms with Crippen molar-refractivity contribution in [2.45, 2.75) is 13.8 Å². The summed E-state index contributed by atoms with van der Waals surface area (Å²) >= 11 is 0. The Bertz CT molecular complexity index is 962. The molecule has 6 heteroatoms. The number of rotatable bonds is 7. The zero-order valence-electron chi connectivity index (χ0n) is 17.4. The molecule has 2 N–H and O–H groups in total. The van der Waals surface area contributed by atoms with E-state index in [1.54, 1.807) is 23.7 Å². The van der Waals surface area contributed by atoms with E-state index in [4.69, 9.17) is 10.5 Å². The van der Waals surface area contributed by atoms with E-state index in [1.165, 1.54) is 0 Å². The van der Waals surface area contributed by atoms with Crippen LogP contribution in [0.5, 0.6) is 5.75 Å². The van der Waals surface area contributed by atoms with Crippen molar-refractivity contribution < 1.29 is 9.53 Å². The molecule has 0 spiro atoms. The summed E-state index contributed by atoms with van der Waals surface area (Å²) in [5, 5.41) is 4.64. The molecule has 1 amide bonds. The molecule has 6 nitrogen and oxygen atoms in total. The largest absolute Gasteiger partial charge is 0.497 e. The molecule has 3 aromatic rings. The molecule has 0 unspecified atom stereocenters. The van der Waals surface area contributed by atoms with Crippen LogP contribution in [0.3, 0.4) is 0 Å². The van der Waals surface area contributed by atoms with Crippen LogP contribution in [0.15, 0.2) is 60.7 Å². The first-order valence-corrected chi connectivity index (χ1v) is 9.60. The topological polar surface area (TPSA) is 73.4 Å². The Kier molecular flexibility index (Phi) is 6.03. The normalized spacial score (nSPS) is 11.3. The summed E-state index contributed by atoms with van der Waals surface area (Å²) in [6.45, 7) is 5.14. The number of methoxy groups -OCH3 is 1. The Hall–Kier alpha value is -3.12. The highest BCUT2D eigenvalue weighted by atomic mass is 16.5. The van der Waals surface area contributed by atoms with Crippen molar-refractivity contribution >= 4 is 5.91 Å². The van der Waals surface area contributed by atoms with Crippen molar-refractivity contribution in [1.29, 1.82) is 0 Å². The summed E-state index contributed by atoms with van der Waals surface area (Å²) in [5.41, 5.74) is 8.75. The third kappa shape index (κ3) is 4.66. The number of benzene rings is 2. The van der Waals surface area contributed by atoms with Crippen LogP contribution in [0.4, 0.5) is 0 Å². The smallest absolute Gasteiger partial charge is 0.274 e. The second-order valence-electron chi connectivity index (χ2n) is 7.92. The molecule has 152 valence electrons. The van der Waals surface area contributed by atoms with Gasteiger partial charge in [-0.25, -0.2) is 4.68 Å². The van der Waals surface area contributed by atoms with Crippen molar-refractivity contribution in [3.05, 3.63) is 66.4 Å². The fourth-order valence-corrected chi connectivity index (χ4v) is 3.19. The van der Waals surface area contributed by atoms with Crippen molar-refractivity contribution in [2.24, 2.45) is 11.1 Å². The quantitative estimate of drug-likeness (QED) is 0.667. The summed E-state index contributed by atoms with van der Waals surface area (Å²) in [6, 6.07) is 19.3. The van der Waals surface area contributed by atoms with E-state index in [1.807, 2.05) is 74.5 Å². The van der Waals surface area contributed by atoms with E-state index in [-0.39, 0.29) is 11.3 Å². The first kappa shape index (κ1) is 20.6. The lowest BCUT2D eigenvalue weighted by molar-refractivity contribution is 0.0734. The molecule has 3 rings (SSSR count). The van der Waals surface area contributed by atoms with Gasteiger partial charge in [-0.15, -0.1) is 0 Å². The summed E-state index contributed by atoms with van der Waals surface area (Å²) < 4.78 is 7.06. The number of nitrogens with zero attached hydrogens (tertiary/aromatic N) is 3. The van der Waals surface area contributed by atoms with Crippen molar-refractivity contribution in [2.75, 3.05) is 27.2 Å². The standard InChI is InChI=1S/C23H28N4O2/c1-23(2,15-24)16-26(3)22(28)20-14-21(17-10-12-19(29-4)13-11-17)27(25-20)18-8-6-5-7-9-18/h5-14H,15-16,24H2,1-4H3. The van der Waals surface area contributed by atoms with Gasteiger partial charge in [-0.05, 0) is 54.4 Å². The lowest BCUT2D eigenvalue weighted by Gasteiger charge is -2.28. The second-order valence-corrected chi connectivity index (χ2v) is 7.92. The van der Waals surface area contributed by atoms with Crippen LogP contribution in [0, 0.1) is 5.41 Å². The van der Waals surface area contributed by atoms with Gasteiger partial charge in [-0.3, -0.25) is 4.79 Å². The minimum Gasteiger partial charge on any atom is -0.497 e. The zero-order valence-corrected chi connectivity index (χ0v) is 17.4. The molecular weight excluding hydrogens is 364 g/mol. The minimum absolute atomic E-state index is 0.129. The first-order valence-electron chi connectivity index (χ1n) is 9.60. The minimum atomic E-state index is -0.161. The number of amides is 1. The predicted molar refractivity (Wildman–Crippen MR) is 115 cm³/mol. The fraction of sp³-hybridized carbons (Fsp3) is 0.304. The zero-order chi connectivity index (χ0) is 21.0. The molecule has 0 saturated heterocycles. The van der Waals surface area contributed by atoms with Gasteiger partial charge in [0.25, 0.3) is 5.91 Å². The summed E-state index contributed by atoms with van der Waals surface area (Å²) in [7, 11) is 3.42. The second kappa shape index (κ2) is 8.49.